The number of aryl methyl sites for hydroxylation is 1. The van der Waals surface area contributed by atoms with Crippen molar-refractivity contribution < 1.29 is 4.74 Å². The first-order chi connectivity index (χ1) is 8.72. The minimum Gasteiger partial charge on any atom is -0.490 e. The van der Waals surface area contributed by atoms with E-state index >= 15 is 0 Å². The van der Waals surface area contributed by atoms with E-state index in [4.69, 9.17) is 10.5 Å². The van der Waals surface area contributed by atoms with Crippen LogP contribution in [0.5, 0.6) is 5.75 Å². The highest BCUT2D eigenvalue weighted by Gasteiger charge is 2.23. The van der Waals surface area contributed by atoms with Gasteiger partial charge in [-0.3, -0.25) is 0 Å². The van der Waals surface area contributed by atoms with Gasteiger partial charge in [0.1, 0.15) is 11.6 Å². The smallest absolute Gasteiger partial charge is 0.123 e. The van der Waals surface area contributed by atoms with Crippen LogP contribution in [0.3, 0.4) is 0 Å². The van der Waals surface area contributed by atoms with Crippen LogP contribution >= 0.6 is 0 Å². The highest BCUT2D eigenvalue weighted by molar-refractivity contribution is 5.68. The fourth-order valence-corrected chi connectivity index (χ4v) is 2.00. The largest absolute Gasteiger partial charge is 0.490 e. The molecule has 0 atom stereocenters. The maximum Gasteiger partial charge on any atom is 0.123 e. The topological polar surface area (TPSA) is 48.1 Å². The van der Waals surface area contributed by atoms with Crippen molar-refractivity contribution in [1.82, 2.24) is 4.98 Å². The van der Waals surface area contributed by atoms with Gasteiger partial charge in [0.15, 0.2) is 0 Å². The van der Waals surface area contributed by atoms with Crippen molar-refractivity contribution in [2.24, 2.45) is 0 Å². The summed E-state index contributed by atoms with van der Waals surface area (Å²) in [6.45, 7) is 1.97. The summed E-state index contributed by atoms with van der Waals surface area (Å²) in [6.07, 6.45) is 2.77. The Labute approximate surface area is 107 Å². The standard InChI is InChI=1S/C15H16N2O/c1-10-14(7-8-15(16)17-10)11-3-2-4-13(9-11)18-12-5-6-12/h2-4,7-9,12H,5-6H2,1H3,(H2,16,17). The molecule has 0 aliphatic heterocycles. The Kier molecular flexibility index (Phi) is 2.67. The Bertz CT molecular complexity index is 576. The van der Waals surface area contributed by atoms with Crippen molar-refractivity contribution in [1.29, 1.82) is 0 Å². The van der Waals surface area contributed by atoms with E-state index in [1.54, 1.807) is 0 Å². The molecule has 2 aromatic rings. The number of pyridine rings is 1. The lowest BCUT2D eigenvalue weighted by Crippen LogP contribution is -1.97. The fourth-order valence-electron chi connectivity index (χ4n) is 2.00. The second-order valence-corrected chi connectivity index (χ2v) is 4.71. The molecule has 3 rings (SSSR count). The van der Waals surface area contributed by atoms with Crippen molar-refractivity contribution in [3.05, 3.63) is 42.1 Å². The number of nitrogen functional groups attached to an aromatic ring is 1. The van der Waals surface area contributed by atoms with E-state index in [0.29, 0.717) is 11.9 Å². The lowest BCUT2D eigenvalue weighted by Gasteiger charge is -2.09. The van der Waals surface area contributed by atoms with Crippen LogP contribution in [0.15, 0.2) is 36.4 Å². The number of nitrogens with two attached hydrogens (primary N) is 1. The molecule has 0 saturated heterocycles. The van der Waals surface area contributed by atoms with Crippen molar-refractivity contribution in [2.45, 2.75) is 25.9 Å². The summed E-state index contributed by atoms with van der Waals surface area (Å²) in [5.41, 5.74) is 8.84. The van der Waals surface area contributed by atoms with E-state index in [-0.39, 0.29) is 0 Å². The second-order valence-electron chi connectivity index (χ2n) is 4.71. The van der Waals surface area contributed by atoms with E-state index in [0.717, 1.165) is 22.6 Å². The Morgan fingerprint density at radius 2 is 2.06 bits per heavy atom. The SMILES string of the molecule is Cc1nc(N)ccc1-c1cccc(OC2CC2)c1. The van der Waals surface area contributed by atoms with Gasteiger partial charge in [-0.25, -0.2) is 4.98 Å². The molecule has 3 heteroatoms. The summed E-state index contributed by atoms with van der Waals surface area (Å²) >= 11 is 0. The molecule has 0 spiro atoms. The molecule has 1 aliphatic rings. The molecule has 1 aromatic carbocycles. The van der Waals surface area contributed by atoms with Crippen molar-refractivity contribution in [3.63, 3.8) is 0 Å². The molecule has 0 unspecified atom stereocenters. The van der Waals surface area contributed by atoms with Crippen LogP contribution in [0.4, 0.5) is 5.82 Å². The van der Waals surface area contributed by atoms with Crippen LogP contribution in [-0.4, -0.2) is 11.1 Å². The van der Waals surface area contributed by atoms with Gasteiger partial charge in [-0.05, 0) is 49.6 Å². The molecule has 92 valence electrons. The minimum absolute atomic E-state index is 0.422. The first-order valence-corrected chi connectivity index (χ1v) is 6.22. The van der Waals surface area contributed by atoms with E-state index < -0.39 is 0 Å². The summed E-state index contributed by atoms with van der Waals surface area (Å²) in [4.78, 5) is 4.29. The Morgan fingerprint density at radius 3 is 2.78 bits per heavy atom. The summed E-state index contributed by atoms with van der Waals surface area (Å²) in [5.74, 6) is 1.49. The number of anilines is 1. The number of nitrogens with zero attached hydrogens (tertiary/aromatic N) is 1. The van der Waals surface area contributed by atoms with Gasteiger partial charge in [-0.15, -0.1) is 0 Å². The maximum atomic E-state index is 5.81. The number of ether oxygens (including phenoxy) is 1. The van der Waals surface area contributed by atoms with Gasteiger partial charge in [-0.1, -0.05) is 12.1 Å². The molecule has 1 aromatic heterocycles. The van der Waals surface area contributed by atoms with Gasteiger partial charge >= 0.3 is 0 Å². The fraction of sp³-hybridized carbons (Fsp3) is 0.267. The molecule has 1 saturated carbocycles. The van der Waals surface area contributed by atoms with Crippen LogP contribution in [0.1, 0.15) is 18.5 Å². The van der Waals surface area contributed by atoms with Crippen LogP contribution in [-0.2, 0) is 0 Å². The molecule has 0 radical (unpaired) electrons. The molecular weight excluding hydrogens is 224 g/mol. The Hall–Kier alpha value is -2.03. The maximum absolute atomic E-state index is 5.81. The first-order valence-electron chi connectivity index (χ1n) is 6.22. The van der Waals surface area contributed by atoms with Crippen molar-refractivity contribution in [3.8, 4) is 16.9 Å². The zero-order valence-corrected chi connectivity index (χ0v) is 10.4. The third kappa shape index (κ3) is 2.30. The van der Waals surface area contributed by atoms with Gasteiger partial charge in [-0.2, -0.15) is 0 Å². The molecule has 1 fully saturated rings. The molecule has 0 bridgehead atoms. The first kappa shape index (κ1) is 11.1. The minimum atomic E-state index is 0.422. The zero-order chi connectivity index (χ0) is 12.5. The number of aromatic nitrogens is 1. The lowest BCUT2D eigenvalue weighted by atomic mass is 10.0. The van der Waals surface area contributed by atoms with E-state index in [9.17, 15) is 0 Å². The lowest BCUT2D eigenvalue weighted by molar-refractivity contribution is 0.303. The van der Waals surface area contributed by atoms with Gasteiger partial charge in [0.25, 0.3) is 0 Å². The average molecular weight is 240 g/mol. The van der Waals surface area contributed by atoms with Crippen LogP contribution < -0.4 is 10.5 Å². The quantitative estimate of drug-likeness (QED) is 0.896. The Balaban J connectivity index is 1.94. The molecule has 3 nitrogen and oxygen atoms in total. The third-order valence-corrected chi connectivity index (χ3v) is 3.08. The Morgan fingerprint density at radius 1 is 1.22 bits per heavy atom. The summed E-state index contributed by atoms with van der Waals surface area (Å²) in [7, 11) is 0. The molecule has 2 N–H and O–H groups in total. The third-order valence-electron chi connectivity index (χ3n) is 3.08. The molecule has 0 amide bonds. The van der Waals surface area contributed by atoms with Crippen LogP contribution in [0.25, 0.3) is 11.1 Å². The molecular formula is C15H16N2O. The number of benzene rings is 1. The van der Waals surface area contributed by atoms with Gasteiger partial charge in [0.05, 0.1) is 6.10 Å². The van der Waals surface area contributed by atoms with Crippen molar-refractivity contribution >= 4 is 5.82 Å². The number of hydrogen-bond acceptors (Lipinski definition) is 3. The van der Waals surface area contributed by atoms with Crippen LogP contribution in [0, 0.1) is 6.92 Å². The molecule has 1 aliphatic carbocycles. The summed E-state index contributed by atoms with van der Waals surface area (Å²) in [5, 5.41) is 0. The predicted molar refractivity (Wildman–Crippen MR) is 72.5 cm³/mol. The van der Waals surface area contributed by atoms with Crippen molar-refractivity contribution in [2.75, 3.05) is 5.73 Å². The monoisotopic (exact) mass is 240 g/mol. The highest BCUT2D eigenvalue weighted by Crippen LogP contribution is 2.30. The number of rotatable bonds is 3. The van der Waals surface area contributed by atoms with E-state index in [1.807, 2.05) is 31.2 Å². The highest BCUT2D eigenvalue weighted by atomic mass is 16.5. The van der Waals surface area contributed by atoms with Gasteiger partial charge in [0.2, 0.25) is 0 Å². The van der Waals surface area contributed by atoms with E-state index in [2.05, 4.69) is 17.1 Å². The summed E-state index contributed by atoms with van der Waals surface area (Å²) in [6, 6.07) is 12.0. The summed E-state index contributed by atoms with van der Waals surface area (Å²) < 4.78 is 5.81. The van der Waals surface area contributed by atoms with Crippen LogP contribution in [0.2, 0.25) is 0 Å². The molecule has 1 heterocycles. The predicted octanol–water partition coefficient (Wildman–Crippen LogP) is 3.18. The zero-order valence-electron chi connectivity index (χ0n) is 10.4. The number of hydrogen-bond donors (Lipinski definition) is 1. The van der Waals surface area contributed by atoms with Gasteiger partial charge < -0.3 is 10.5 Å². The molecule has 18 heavy (non-hydrogen) atoms. The van der Waals surface area contributed by atoms with E-state index in [1.165, 1.54) is 12.8 Å². The normalized spacial score (nSPS) is 14.5. The van der Waals surface area contributed by atoms with Gasteiger partial charge in [0, 0.05) is 11.3 Å². The average Bonchev–Trinajstić information content (AvgIpc) is 3.13. The second kappa shape index (κ2) is 4.33.